The number of anilines is 3. The molecule has 2 aromatic heterocycles. The van der Waals surface area contributed by atoms with Crippen molar-refractivity contribution in [3.05, 3.63) is 61.2 Å². The van der Waals surface area contributed by atoms with Crippen molar-refractivity contribution >= 4 is 28.1 Å². The Morgan fingerprint density at radius 1 is 0.903 bits per heavy atom. The Labute approximate surface area is 179 Å². The lowest BCUT2D eigenvalue weighted by Gasteiger charge is -2.28. The third-order valence-corrected chi connectivity index (χ3v) is 5.29. The van der Waals surface area contributed by atoms with Gasteiger partial charge in [0, 0.05) is 47.8 Å². The largest absolute Gasteiger partial charge is 0.467 e. The number of methoxy groups -OCH3 is 1. The van der Waals surface area contributed by atoms with Crippen LogP contribution in [0.1, 0.15) is 0 Å². The summed E-state index contributed by atoms with van der Waals surface area (Å²) in [4.78, 5) is 19.6. The maximum Gasteiger partial charge on any atom is 0.316 e. The summed E-state index contributed by atoms with van der Waals surface area (Å²) in [6.45, 7) is 3.38. The van der Waals surface area contributed by atoms with Gasteiger partial charge in [0.1, 0.15) is 12.1 Å². The van der Waals surface area contributed by atoms with Crippen LogP contribution in [-0.4, -0.2) is 53.3 Å². The van der Waals surface area contributed by atoms with Gasteiger partial charge < -0.3 is 19.7 Å². The van der Waals surface area contributed by atoms with Crippen molar-refractivity contribution in [2.75, 3.05) is 43.6 Å². The second-order valence-electron chi connectivity index (χ2n) is 7.18. The van der Waals surface area contributed by atoms with Crippen molar-refractivity contribution in [2.45, 2.75) is 0 Å². The fraction of sp³-hybridized carbons (Fsp3) is 0.217. The van der Waals surface area contributed by atoms with Gasteiger partial charge in [-0.2, -0.15) is 0 Å². The van der Waals surface area contributed by atoms with Crippen LogP contribution in [0.3, 0.4) is 0 Å². The van der Waals surface area contributed by atoms with Crippen LogP contribution in [-0.2, 0) is 4.74 Å². The number of aromatic nitrogens is 4. The molecule has 0 amide bonds. The maximum atomic E-state index is 5.44. The molecule has 1 aliphatic rings. The van der Waals surface area contributed by atoms with E-state index in [1.807, 2.05) is 18.2 Å². The number of nitrogens with zero attached hydrogens (tertiary/aromatic N) is 5. The zero-order chi connectivity index (χ0) is 21.0. The first kappa shape index (κ1) is 19.2. The topological polar surface area (TPSA) is 85.3 Å². The molecule has 8 heteroatoms. The number of morpholine rings is 1. The van der Waals surface area contributed by atoms with Gasteiger partial charge in [-0.05, 0) is 42.0 Å². The molecule has 0 spiro atoms. The fourth-order valence-corrected chi connectivity index (χ4v) is 3.62. The quantitative estimate of drug-likeness (QED) is 0.529. The standard InChI is InChI=1S/C23H22N6O2/c1-30-23-24-13-17(14-25-23)16-2-7-21-20(12-16)22(27-15-26-21)28-18-3-5-19(6-4-18)29-8-10-31-11-9-29/h2-7,12-15H,8-11H2,1H3,(H,26,27,28). The molecule has 4 aromatic rings. The van der Waals surface area contributed by atoms with Crippen molar-refractivity contribution < 1.29 is 9.47 Å². The smallest absolute Gasteiger partial charge is 0.316 e. The van der Waals surface area contributed by atoms with E-state index in [4.69, 9.17) is 9.47 Å². The minimum absolute atomic E-state index is 0.343. The molecule has 0 bridgehead atoms. The molecular weight excluding hydrogens is 392 g/mol. The summed E-state index contributed by atoms with van der Waals surface area (Å²) in [7, 11) is 1.55. The molecule has 5 rings (SSSR count). The van der Waals surface area contributed by atoms with Gasteiger partial charge in [0.15, 0.2) is 0 Å². The highest BCUT2D eigenvalue weighted by Crippen LogP contribution is 2.29. The third kappa shape index (κ3) is 4.10. The predicted octanol–water partition coefficient (Wildman–Crippen LogP) is 3.68. The molecule has 3 heterocycles. The number of fused-ring (bicyclic) bond motifs is 1. The van der Waals surface area contributed by atoms with Crippen molar-refractivity contribution in [3.63, 3.8) is 0 Å². The van der Waals surface area contributed by atoms with Crippen LogP contribution in [0.5, 0.6) is 6.01 Å². The lowest BCUT2D eigenvalue weighted by Crippen LogP contribution is -2.36. The van der Waals surface area contributed by atoms with Crippen LogP contribution < -0.4 is 15.0 Å². The lowest BCUT2D eigenvalue weighted by molar-refractivity contribution is 0.122. The Morgan fingerprint density at radius 2 is 1.68 bits per heavy atom. The molecule has 1 fully saturated rings. The van der Waals surface area contributed by atoms with Crippen LogP contribution in [0.4, 0.5) is 17.2 Å². The Balaban J connectivity index is 1.42. The van der Waals surface area contributed by atoms with Gasteiger partial charge in [-0.25, -0.2) is 19.9 Å². The lowest BCUT2D eigenvalue weighted by atomic mass is 10.1. The van der Waals surface area contributed by atoms with Crippen LogP contribution >= 0.6 is 0 Å². The molecule has 0 saturated carbocycles. The highest BCUT2D eigenvalue weighted by molar-refractivity contribution is 5.93. The molecule has 0 atom stereocenters. The number of nitrogens with one attached hydrogen (secondary N) is 1. The number of hydrogen-bond donors (Lipinski definition) is 1. The fourth-order valence-electron chi connectivity index (χ4n) is 3.62. The Hall–Kier alpha value is -3.78. The molecule has 1 aliphatic heterocycles. The van der Waals surface area contributed by atoms with Crippen LogP contribution in [0.25, 0.3) is 22.0 Å². The molecule has 156 valence electrons. The van der Waals surface area contributed by atoms with Gasteiger partial charge in [0.05, 0.1) is 25.8 Å². The highest BCUT2D eigenvalue weighted by Gasteiger charge is 2.12. The molecule has 31 heavy (non-hydrogen) atoms. The predicted molar refractivity (Wildman–Crippen MR) is 120 cm³/mol. The highest BCUT2D eigenvalue weighted by atomic mass is 16.5. The summed E-state index contributed by atoms with van der Waals surface area (Å²) >= 11 is 0. The molecular formula is C23H22N6O2. The van der Waals surface area contributed by atoms with Crippen LogP contribution in [0, 0.1) is 0 Å². The van der Waals surface area contributed by atoms with E-state index in [-0.39, 0.29) is 0 Å². The third-order valence-electron chi connectivity index (χ3n) is 5.29. The van der Waals surface area contributed by atoms with Gasteiger partial charge in [0.2, 0.25) is 0 Å². The summed E-state index contributed by atoms with van der Waals surface area (Å²) in [5, 5.41) is 4.35. The Morgan fingerprint density at radius 3 is 2.42 bits per heavy atom. The van der Waals surface area contributed by atoms with Crippen molar-refractivity contribution in [3.8, 4) is 17.1 Å². The Bertz CT molecular complexity index is 1180. The van der Waals surface area contributed by atoms with Crippen molar-refractivity contribution in [1.82, 2.24) is 19.9 Å². The van der Waals surface area contributed by atoms with Crippen LogP contribution in [0.15, 0.2) is 61.2 Å². The minimum atomic E-state index is 0.343. The summed E-state index contributed by atoms with van der Waals surface area (Å²) in [5.74, 6) is 0.750. The first-order chi connectivity index (χ1) is 15.3. The molecule has 8 nitrogen and oxygen atoms in total. The van der Waals surface area contributed by atoms with Crippen LogP contribution in [0.2, 0.25) is 0 Å². The van der Waals surface area contributed by atoms with Gasteiger partial charge in [-0.15, -0.1) is 0 Å². The minimum Gasteiger partial charge on any atom is -0.467 e. The van der Waals surface area contributed by atoms with E-state index in [2.05, 4.69) is 54.4 Å². The average molecular weight is 414 g/mol. The van der Waals surface area contributed by atoms with E-state index >= 15 is 0 Å². The first-order valence-corrected chi connectivity index (χ1v) is 10.1. The molecule has 0 aliphatic carbocycles. The molecule has 2 aromatic carbocycles. The van der Waals surface area contributed by atoms with E-state index in [1.165, 1.54) is 5.69 Å². The second kappa shape index (κ2) is 8.53. The molecule has 0 unspecified atom stereocenters. The van der Waals surface area contributed by atoms with E-state index in [0.29, 0.717) is 6.01 Å². The number of rotatable bonds is 5. The van der Waals surface area contributed by atoms with Gasteiger partial charge >= 0.3 is 6.01 Å². The van der Waals surface area contributed by atoms with Gasteiger partial charge in [0.25, 0.3) is 0 Å². The number of benzene rings is 2. The van der Waals surface area contributed by atoms with Crippen molar-refractivity contribution in [1.29, 1.82) is 0 Å². The zero-order valence-electron chi connectivity index (χ0n) is 17.2. The summed E-state index contributed by atoms with van der Waals surface area (Å²) < 4.78 is 10.5. The maximum absolute atomic E-state index is 5.44. The molecule has 0 radical (unpaired) electrons. The Kier molecular flexibility index (Phi) is 5.28. The number of ether oxygens (including phenoxy) is 2. The van der Waals surface area contributed by atoms with E-state index < -0.39 is 0 Å². The monoisotopic (exact) mass is 414 g/mol. The average Bonchev–Trinajstić information content (AvgIpc) is 2.85. The molecule has 1 saturated heterocycles. The van der Waals surface area contributed by atoms with Gasteiger partial charge in [-0.3, -0.25) is 0 Å². The zero-order valence-corrected chi connectivity index (χ0v) is 17.2. The normalized spacial score (nSPS) is 13.9. The summed E-state index contributed by atoms with van der Waals surface area (Å²) in [6, 6.07) is 14.7. The first-order valence-electron chi connectivity index (χ1n) is 10.1. The van der Waals surface area contributed by atoms with E-state index in [1.54, 1.807) is 25.8 Å². The van der Waals surface area contributed by atoms with E-state index in [0.717, 1.165) is 59.8 Å². The number of hydrogen-bond acceptors (Lipinski definition) is 8. The van der Waals surface area contributed by atoms with Gasteiger partial charge in [-0.1, -0.05) is 6.07 Å². The SMILES string of the molecule is COc1ncc(-c2ccc3ncnc(Nc4ccc(N5CCOCC5)cc4)c3c2)cn1. The summed E-state index contributed by atoms with van der Waals surface area (Å²) in [6.07, 6.45) is 5.06. The van der Waals surface area contributed by atoms with Crippen molar-refractivity contribution in [2.24, 2.45) is 0 Å². The van der Waals surface area contributed by atoms with E-state index in [9.17, 15) is 0 Å². The second-order valence-corrected chi connectivity index (χ2v) is 7.18. The molecule has 1 N–H and O–H groups in total. The summed E-state index contributed by atoms with van der Waals surface area (Å²) in [5.41, 5.74) is 4.90.